The number of aliphatic carboxylic acids is 1. The normalized spacial score (nSPS) is 10.1. The number of carbonyl (C=O) groups is 2. The first-order valence-electron chi connectivity index (χ1n) is 6.30. The van der Waals surface area contributed by atoms with Gasteiger partial charge in [0.15, 0.2) is 0 Å². The molecule has 0 bridgehead atoms. The molecular weight excluding hydrogens is 272 g/mol. The van der Waals surface area contributed by atoms with E-state index in [9.17, 15) is 9.59 Å². The van der Waals surface area contributed by atoms with E-state index >= 15 is 0 Å². The molecule has 2 rings (SSSR count). The van der Waals surface area contributed by atoms with Gasteiger partial charge in [0, 0.05) is 0 Å². The average Bonchev–Trinajstić information content (AvgIpc) is 2.46. The second-order valence-electron chi connectivity index (χ2n) is 4.51. The molecule has 0 aliphatic rings. The van der Waals surface area contributed by atoms with E-state index in [4.69, 9.17) is 14.9 Å². The summed E-state index contributed by atoms with van der Waals surface area (Å²) in [4.78, 5) is 21.4. The van der Waals surface area contributed by atoms with Crippen LogP contribution in [0.3, 0.4) is 0 Å². The highest BCUT2D eigenvalue weighted by molar-refractivity contribution is 5.87. The van der Waals surface area contributed by atoms with Gasteiger partial charge >= 0.3 is 11.9 Å². The topological polar surface area (TPSA) is 83.8 Å². The lowest BCUT2D eigenvalue weighted by Crippen LogP contribution is -2.01. The number of carboxylic acids is 2. The molecule has 2 aromatic rings. The fourth-order valence-corrected chi connectivity index (χ4v) is 1.84. The van der Waals surface area contributed by atoms with E-state index < -0.39 is 11.9 Å². The van der Waals surface area contributed by atoms with Crippen LogP contribution in [0.15, 0.2) is 48.5 Å². The third kappa shape index (κ3) is 4.35. The van der Waals surface area contributed by atoms with Crippen LogP contribution in [-0.4, -0.2) is 22.2 Å². The second-order valence-corrected chi connectivity index (χ2v) is 4.51. The van der Waals surface area contributed by atoms with E-state index in [1.165, 1.54) is 6.07 Å². The molecule has 108 valence electrons. The Balaban J connectivity index is 1.98. The van der Waals surface area contributed by atoms with Crippen LogP contribution in [0.2, 0.25) is 0 Å². The molecule has 0 fully saturated rings. The highest BCUT2D eigenvalue weighted by Gasteiger charge is 2.04. The lowest BCUT2D eigenvalue weighted by molar-refractivity contribution is -0.136. The molecule has 0 atom stereocenters. The van der Waals surface area contributed by atoms with Crippen molar-refractivity contribution in [1.29, 1.82) is 0 Å². The van der Waals surface area contributed by atoms with Crippen molar-refractivity contribution in [3.8, 4) is 5.75 Å². The molecule has 21 heavy (non-hydrogen) atoms. The fourth-order valence-electron chi connectivity index (χ4n) is 1.84. The van der Waals surface area contributed by atoms with Gasteiger partial charge < -0.3 is 14.9 Å². The third-order valence-electron chi connectivity index (χ3n) is 2.86. The summed E-state index contributed by atoms with van der Waals surface area (Å²) in [6.45, 7) is 0.249. The molecular formula is C16H14O5. The molecule has 0 saturated heterocycles. The standard InChI is InChI=1S/C16H14O5/c17-15(18)9-11-4-6-14(7-5-11)21-10-12-2-1-3-13(8-12)16(19)20/h1-8H,9-10H2,(H,17,18)(H,19,20). The van der Waals surface area contributed by atoms with Crippen LogP contribution in [0.4, 0.5) is 0 Å². The zero-order chi connectivity index (χ0) is 15.2. The van der Waals surface area contributed by atoms with Crippen LogP contribution < -0.4 is 4.74 Å². The molecule has 0 spiro atoms. The number of ether oxygens (including phenoxy) is 1. The van der Waals surface area contributed by atoms with Gasteiger partial charge in [-0.05, 0) is 35.4 Å². The van der Waals surface area contributed by atoms with Crippen LogP contribution in [-0.2, 0) is 17.8 Å². The van der Waals surface area contributed by atoms with Crippen molar-refractivity contribution in [3.05, 3.63) is 65.2 Å². The van der Waals surface area contributed by atoms with Gasteiger partial charge in [-0.1, -0.05) is 24.3 Å². The minimum atomic E-state index is -0.977. The van der Waals surface area contributed by atoms with Crippen molar-refractivity contribution >= 4 is 11.9 Å². The minimum Gasteiger partial charge on any atom is -0.489 e. The van der Waals surface area contributed by atoms with Gasteiger partial charge in [-0.3, -0.25) is 4.79 Å². The summed E-state index contributed by atoms with van der Waals surface area (Å²) >= 11 is 0. The van der Waals surface area contributed by atoms with Gasteiger partial charge in [-0.25, -0.2) is 4.79 Å². The molecule has 0 unspecified atom stereocenters. The molecule has 0 aromatic heterocycles. The van der Waals surface area contributed by atoms with Crippen LogP contribution in [0.5, 0.6) is 5.75 Å². The molecule has 0 amide bonds. The number of rotatable bonds is 6. The highest BCUT2D eigenvalue weighted by atomic mass is 16.5. The lowest BCUT2D eigenvalue weighted by Gasteiger charge is -2.07. The molecule has 2 N–H and O–H groups in total. The van der Waals surface area contributed by atoms with Gasteiger partial charge in [0.1, 0.15) is 12.4 Å². The first-order chi connectivity index (χ1) is 10.0. The van der Waals surface area contributed by atoms with Crippen molar-refractivity contribution in [2.45, 2.75) is 13.0 Å². The zero-order valence-electron chi connectivity index (χ0n) is 11.2. The maximum atomic E-state index is 10.9. The van der Waals surface area contributed by atoms with Crippen LogP contribution in [0.1, 0.15) is 21.5 Å². The van der Waals surface area contributed by atoms with Crippen molar-refractivity contribution < 1.29 is 24.5 Å². The number of benzene rings is 2. The van der Waals surface area contributed by atoms with Crippen molar-refractivity contribution in [1.82, 2.24) is 0 Å². The maximum absolute atomic E-state index is 10.9. The van der Waals surface area contributed by atoms with Gasteiger partial charge in [0.2, 0.25) is 0 Å². The van der Waals surface area contributed by atoms with Gasteiger partial charge in [-0.2, -0.15) is 0 Å². The van der Waals surface area contributed by atoms with E-state index in [0.29, 0.717) is 11.3 Å². The molecule has 5 heteroatoms. The summed E-state index contributed by atoms with van der Waals surface area (Å²) in [7, 11) is 0. The Morgan fingerprint density at radius 2 is 1.67 bits per heavy atom. The van der Waals surface area contributed by atoms with Crippen molar-refractivity contribution in [2.75, 3.05) is 0 Å². The molecule has 0 aliphatic heterocycles. The quantitative estimate of drug-likeness (QED) is 0.852. The third-order valence-corrected chi connectivity index (χ3v) is 2.86. The predicted octanol–water partition coefficient (Wildman–Crippen LogP) is 2.59. The number of aromatic carboxylic acids is 1. The molecule has 0 saturated carbocycles. The highest BCUT2D eigenvalue weighted by Crippen LogP contribution is 2.15. The second kappa shape index (κ2) is 6.56. The lowest BCUT2D eigenvalue weighted by atomic mass is 10.1. The smallest absolute Gasteiger partial charge is 0.335 e. The van der Waals surface area contributed by atoms with E-state index in [1.807, 2.05) is 0 Å². The van der Waals surface area contributed by atoms with Gasteiger partial charge in [-0.15, -0.1) is 0 Å². The summed E-state index contributed by atoms with van der Waals surface area (Å²) in [6.07, 6.45) is -0.0268. The summed E-state index contributed by atoms with van der Waals surface area (Å²) < 4.78 is 5.55. The average molecular weight is 286 g/mol. The summed E-state index contributed by atoms with van der Waals surface area (Å²) in [5.74, 6) is -1.26. The molecule has 2 aromatic carbocycles. The maximum Gasteiger partial charge on any atom is 0.335 e. The fraction of sp³-hybridized carbons (Fsp3) is 0.125. The number of hydrogen-bond donors (Lipinski definition) is 2. The van der Waals surface area contributed by atoms with E-state index in [0.717, 1.165) is 5.56 Å². The van der Waals surface area contributed by atoms with E-state index in [1.54, 1.807) is 42.5 Å². The van der Waals surface area contributed by atoms with Crippen LogP contribution in [0, 0.1) is 0 Å². The van der Waals surface area contributed by atoms with Crippen molar-refractivity contribution in [3.63, 3.8) is 0 Å². The van der Waals surface area contributed by atoms with E-state index in [2.05, 4.69) is 0 Å². The van der Waals surface area contributed by atoms with Gasteiger partial charge in [0.05, 0.1) is 12.0 Å². The Morgan fingerprint density at radius 1 is 0.952 bits per heavy atom. The Morgan fingerprint density at radius 3 is 2.29 bits per heavy atom. The Bertz CT molecular complexity index is 646. The molecule has 0 aliphatic carbocycles. The summed E-state index contributed by atoms with van der Waals surface area (Å²) in [6, 6.07) is 13.3. The van der Waals surface area contributed by atoms with Crippen LogP contribution in [0.25, 0.3) is 0 Å². The largest absolute Gasteiger partial charge is 0.489 e. The first kappa shape index (κ1) is 14.6. The van der Waals surface area contributed by atoms with Crippen molar-refractivity contribution in [2.24, 2.45) is 0 Å². The summed E-state index contributed by atoms with van der Waals surface area (Å²) in [5.41, 5.74) is 1.67. The van der Waals surface area contributed by atoms with Gasteiger partial charge in [0.25, 0.3) is 0 Å². The summed E-state index contributed by atoms with van der Waals surface area (Å²) in [5, 5.41) is 17.6. The SMILES string of the molecule is O=C(O)Cc1ccc(OCc2cccc(C(=O)O)c2)cc1. The minimum absolute atomic E-state index is 0.0268. The Hall–Kier alpha value is -2.82. The first-order valence-corrected chi connectivity index (χ1v) is 6.30. The number of carboxylic acid groups (broad SMARTS) is 2. The molecule has 0 radical (unpaired) electrons. The van der Waals surface area contributed by atoms with Crippen LogP contribution >= 0.6 is 0 Å². The molecule has 5 nitrogen and oxygen atoms in total. The predicted molar refractivity (Wildman–Crippen MR) is 75.5 cm³/mol. The van der Waals surface area contributed by atoms with E-state index in [-0.39, 0.29) is 18.6 Å². The Kier molecular flexibility index (Phi) is 4.56. The Labute approximate surface area is 121 Å². The molecule has 0 heterocycles. The monoisotopic (exact) mass is 286 g/mol. The zero-order valence-corrected chi connectivity index (χ0v) is 11.2. The number of hydrogen-bond acceptors (Lipinski definition) is 3.